The van der Waals surface area contributed by atoms with Gasteiger partial charge in [0.15, 0.2) is 5.78 Å². The van der Waals surface area contributed by atoms with Crippen molar-refractivity contribution in [2.45, 2.75) is 51.5 Å². The van der Waals surface area contributed by atoms with Gasteiger partial charge in [0.1, 0.15) is 5.75 Å². The van der Waals surface area contributed by atoms with Gasteiger partial charge >= 0.3 is 0 Å². The Bertz CT molecular complexity index is 408. The lowest BCUT2D eigenvalue weighted by Gasteiger charge is -2.12. The van der Waals surface area contributed by atoms with Gasteiger partial charge in [-0.1, -0.05) is 19.8 Å². The van der Waals surface area contributed by atoms with Gasteiger partial charge in [-0.15, -0.1) is 0 Å². The fourth-order valence-corrected chi connectivity index (χ4v) is 2.64. The molecular weight excluding hydrogens is 250 g/mol. The number of Topliss-reactive ketones (excluding diaryl/α,β-unsaturated/α-hetero) is 1. The van der Waals surface area contributed by atoms with Crippen LogP contribution in [0.5, 0.6) is 5.75 Å². The Kier molecular flexibility index (Phi) is 6.06. The third-order valence-corrected chi connectivity index (χ3v) is 3.88. The van der Waals surface area contributed by atoms with Crippen LogP contribution in [0.1, 0.15) is 55.8 Å². The molecule has 0 atom stereocenters. The fraction of sp³-hybridized carbons (Fsp3) is 0.588. The van der Waals surface area contributed by atoms with Crippen molar-refractivity contribution in [3.8, 4) is 5.75 Å². The predicted molar refractivity (Wildman–Crippen MR) is 81.4 cm³/mol. The van der Waals surface area contributed by atoms with Crippen molar-refractivity contribution in [3.05, 3.63) is 29.8 Å². The zero-order valence-corrected chi connectivity index (χ0v) is 12.4. The Balaban J connectivity index is 1.62. The molecule has 0 radical (unpaired) electrons. The summed E-state index contributed by atoms with van der Waals surface area (Å²) in [6.45, 7) is 3.63. The van der Waals surface area contributed by atoms with Crippen molar-refractivity contribution in [1.82, 2.24) is 5.32 Å². The second-order valence-electron chi connectivity index (χ2n) is 5.44. The van der Waals surface area contributed by atoms with Gasteiger partial charge in [0, 0.05) is 18.0 Å². The third-order valence-electron chi connectivity index (χ3n) is 3.88. The van der Waals surface area contributed by atoms with Crippen LogP contribution in [0.4, 0.5) is 0 Å². The molecule has 0 heterocycles. The summed E-state index contributed by atoms with van der Waals surface area (Å²) in [5.41, 5.74) is 0.766. The summed E-state index contributed by atoms with van der Waals surface area (Å²) < 4.78 is 5.69. The summed E-state index contributed by atoms with van der Waals surface area (Å²) >= 11 is 0. The lowest BCUT2D eigenvalue weighted by Crippen LogP contribution is -2.27. The van der Waals surface area contributed by atoms with E-state index in [0.29, 0.717) is 6.42 Å². The number of ether oxygens (including phenoxy) is 1. The first-order chi connectivity index (χ1) is 9.79. The normalized spacial score (nSPS) is 15.4. The number of carbonyl (C=O) groups excluding carboxylic acids is 1. The fourth-order valence-electron chi connectivity index (χ4n) is 2.64. The van der Waals surface area contributed by atoms with Gasteiger partial charge in [0.2, 0.25) is 0 Å². The summed E-state index contributed by atoms with van der Waals surface area (Å²) in [5.74, 6) is 1.02. The number of ketones is 1. The zero-order valence-electron chi connectivity index (χ0n) is 12.4. The highest BCUT2D eigenvalue weighted by atomic mass is 16.5. The number of benzene rings is 1. The SMILES string of the molecule is CCC(=O)c1ccc(OCCCNC2CCCC2)cc1. The quantitative estimate of drug-likeness (QED) is 0.582. The molecule has 1 aromatic carbocycles. The lowest BCUT2D eigenvalue weighted by molar-refractivity contribution is 0.0988. The van der Waals surface area contributed by atoms with E-state index in [1.807, 2.05) is 31.2 Å². The Morgan fingerprint density at radius 1 is 1.25 bits per heavy atom. The van der Waals surface area contributed by atoms with E-state index in [1.54, 1.807) is 0 Å². The van der Waals surface area contributed by atoms with Crippen LogP contribution in [0.25, 0.3) is 0 Å². The van der Waals surface area contributed by atoms with Gasteiger partial charge in [0.05, 0.1) is 6.61 Å². The molecule has 0 amide bonds. The summed E-state index contributed by atoms with van der Waals surface area (Å²) in [4.78, 5) is 11.5. The maximum atomic E-state index is 11.5. The summed E-state index contributed by atoms with van der Waals surface area (Å²) in [6, 6.07) is 8.19. The molecule has 1 saturated carbocycles. The average molecular weight is 275 g/mol. The molecule has 2 rings (SSSR count). The minimum Gasteiger partial charge on any atom is -0.494 e. The van der Waals surface area contributed by atoms with Crippen molar-refractivity contribution in [2.75, 3.05) is 13.2 Å². The Hall–Kier alpha value is -1.35. The predicted octanol–water partition coefficient (Wildman–Crippen LogP) is 3.58. The summed E-state index contributed by atoms with van der Waals surface area (Å²) in [7, 11) is 0. The van der Waals surface area contributed by atoms with Crippen molar-refractivity contribution >= 4 is 5.78 Å². The molecule has 0 aliphatic heterocycles. The van der Waals surface area contributed by atoms with Crippen LogP contribution in [0.2, 0.25) is 0 Å². The van der Waals surface area contributed by atoms with Crippen molar-refractivity contribution in [1.29, 1.82) is 0 Å². The smallest absolute Gasteiger partial charge is 0.162 e. The molecule has 3 nitrogen and oxygen atoms in total. The van der Waals surface area contributed by atoms with E-state index in [2.05, 4.69) is 5.32 Å². The van der Waals surface area contributed by atoms with Crippen molar-refractivity contribution in [2.24, 2.45) is 0 Å². The molecular formula is C17H25NO2. The minimum absolute atomic E-state index is 0.178. The number of rotatable bonds is 8. The first kappa shape index (κ1) is 15.0. The van der Waals surface area contributed by atoms with E-state index in [0.717, 1.165) is 36.9 Å². The van der Waals surface area contributed by atoms with Gasteiger partial charge in [0.25, 0.3) is 0 Å². The number of hydrogen-bond donors (Lipinski definition) is 1. The monoisotopic (exact) mass is 275 g/mol. The molecule has 0 bridgehead atoms. The highest BCUT2D eigenvalue weighted by Gasteiger charge is 2.13. The molecule has 110 valence electrons. The van der Waals surface area contributed by atoms with E-state index >= 15 is 0 Å². The molecule has 0 unspecified atom stereocenters. The molecule has 0 aromatic heterocycles. The Morgan fingerprint density at radius 3 is 2.60 bits per heavy atom. The van der Waals surface area contributed by atoms with Gasteiger partial charge < -0.3 is 10.1 Å². The average Bonchev–Trinajstić information content (AvgIpc) is 3.00. The molecule has 0 spiro atoms. The molecule has 1 aromatic rings. The van der Waals surface area contributed by atoms with Crippen LogP contribution in [0.15, 0.2) is 24.3 Å². The van der Waals surface area contributed by atoms with E-state index in [1.165, 1.54) is 25.7 Å². The maximum Gasteiger partial charge on any atom is 0.162 e. The maximum absolute atomic E-state index is 11.5. The zero-order chi connectivity index (χ0) is 14.2. The molecule has 0 saturated heterocycles. The Labute approximate surface area is 121 Å². The van der Waals surface area contributed by atoms with Crippen LogP contribution < -0.4 is 10.1 Å². The topological polar surface area (TPSA) is 38.3 Å². The van der Waals surface area contributed by atoms with Crippen molar-refractivity contribution in [3.63, 3.8) is 0 Å². The molecule has 1 aliphatic rings. The van der Waals surface area contributed by atoms with Crippen LogP contribution in [-0.4, -0.2) is 25.0 Å². The number of nitrogens with one attached hydrogen (secondary N) is 1. The van der Waals surface area contributed by atoms with Gasteiger partial charge in [-0.3, -0.25) is 4.79 Å². The third kappa shape index (κ3) is 4.64. The second-order valence-corrected chi connectivity index (χ2v) is 5.44. The van der Waals surface area contributed by atoms with Crippen molar-refractivity contribution < 1.29 is 9.53 Å². The lowest BCUT2D eigenvalue weighted by atomic mass is 10.1. The minimum atomic E-state index is 0.178. The first-order valence-corrected chi connectivity index (χ1v) is 7.79. The molecule has 20 heavy (non-hydrogen) atoms. The van der Waals surface area contributed by atoms with Crippen LogP contribution in [-0.2, 0) is 0 Å². The van der Waals surface area contributed by atoms with Crippen LogP contribution in [0, 0.1) is 0 Å². The largest absolute Gasteiger partial charge is 0.494 e. The number of carbonyl (C=O) groups is 1. The highest BCUT2D eigenvalue weighted by Crippen LogP contribution is 2.17. The molecule has 1 fully saturated rings. The van der Waals surface area contributed by atoms with E-state index in [-0.39, 0.29) is 5.78 Å². The molecule has 3 heteroatoms. The van der Waals surface area contributed by atoms with Crippen LogP contribution in [0.3, 0.4) is 0 Å². The first-order valence-electron chi connectivity index (χ1n) is 7.79. The standard InChI is InChI=1S/C17H25NO2/c1-2-17(19)14-8-10-16(11-9-14)20-13-5-12-18-15-6-3-4-7-15/h8-11,15,18H,2-7,12-13H2,1H3. The number of hydrogen-bond acceptors (Lipinski definition) is 3. The van der Waals surface area contributed by atoms with E-state index < -0.39 is 0 Å². The van der Waals surface area contributed by atoms with Gasteiger partial charge in [-0.25, -0.2) is 0 Å². The van der Waals surface area contributed by atoms with Crippen LogP contribution >= 0.6 is 0 Å². The molecule has 1 aliphatic carbocycles. The Morgan fingerprint density at radius 2 is 1.95 bits per heavy atom. The molecule has 1 N–H and O–H groups in total. The second kappa shape index (κ2) is 8.05. The van der Waals surface area contributed by atoms with Gasteiger partial charge in [-0.2, -0.15) is 0 Å². The highest BCUT2D eigenvalue weighted by molar-refractivity contribution is 5.95. The summed E-state index contributed by atoms with van der Waals surface area (Å²) in [5, 5.41) is 3.57. The van der Waals surface area contributed by atoms with E-state index in [9.17, 15) is 4.79 Å². The van der Waals surface area contributed by atoms with E-state index in [4.69, 9.17) is 4.74 Å². The summed E-state index contributed by atoms with van der Waals surface area (Å²) in [6.07, 6.45) is 6.97. The van der Waals surface area contributed by atoms with Gasteiger partial charge in [-0.05, 0) is 50.1 Å².